The van der Waals surface area contributed by atoms with Crippen molar-refractivity contribution in [2.24, 2.45) is 0 Å². The van der Waals surface area contributed by atoms with Crippen molar-refractivity contribution in [1.82, 2.24) is 0 Å². The summed E-state index contributed by atoms with van der Waals surface area (Å²) >= 11 is 1.53. The first-order valence-corrected chi connectivity index (χ1v) is 8.18. The lowest BCUT2D eigenvalue weighted by molar-refractivity contribution is 0.0520. The Morgan fingerprint density at radius 3 is 2.57 bits per heavy atom. The number of carbonyl (C=O) groups excluding carboxylic acids is 1. The summed E-state index contributed by atoms with van der Waals surface area (Å²) in [6.45, 7) is 0. The molecule has 0 saturated carbocycles. The van der Waals surface area contributed by atoms with E-state index in [0.717, 1.165) is 21.2 Å². The fourth-order valence-electron chi connectivity index (χ4n) is 2.89. The van der Waals surface area contributed by atoms with Gasteiger partial charge in [0.05, 0.1) is 7.11 Å². The third-order valence-corrected chi connectivity index (χ3v) is 5.00. The molecule has 0 spiro atoms. The number of carbonyl (C=O) groups is 1. The molecule has 0 N–H and O–H groups in total. The standard InChI is InChI=1S/C19H14O3S/c1-21-15-11-12-7-5-6-10-14(12)16-17(15)18(20)22-19(16)23-13-8-3-2-4-9-13/h2-11,19H,1H3. The Morgan fingerprint density at radius 1 is 1.04 bits per heavy atom. The number of ether oxygens (including phenoxy) is 2. The number of esters is 1. The smallest absolute Gasteiger partial charge is 0.343 e. The third kappa shape index (κ3) is 2.35. The minimum Gasteiger partial charge on any atom is -0.496 e. The van der Waals surface area contributed by atoms with Crippen LogP contribution in [-0.4, -0.2) is 13.1 Å². The minimum atomic E-state index is -0.361. The predicted octanol–water partition coefficient (Wildman–Crippen LogP) is 4.81. The van der Waals surface area contributed by atoms with Crippen LogP contribution in [0.15, 0.2) is 65.6 Å². The van der Waals surface area contributed by atoms with Crippen molar-refractivity contribution < 1.29 is 14.3 Å². The van der Waals surface area contributed by atoms with Crippen molar-refractivity contribution in [1.29, 1.82) is 0 Å². The highest BCUT2D eigenvalue weighted by atomic mass is 32.2. The van der Waals surface area contributed by atoms with Crippen LogP contribution in [0.25, 0.3) is 10.8 Å². The second-order valence-corrected chi connectivity index (χ2v) is 6.39. The van der Waals surface area contributed by atoms with Gasteiger partial charge >= 0.3 is 5.97 Å². The fraction of sp³-hybridized carbons (Fsp3) is 0.105. The van der Waals surface area contributed by atoms with Crippen molar-refractivity contribution in [3.05, 3.63) is 71.8 Å². The molecule has 1 heterocycles. The Kier molecular flexibility index (Phi) is 3.46. The number of fused-ring (bicyclic) bond motifs is 3. The van der Waals surface area contributed by atoms with Crippen molar-refractivity contribution in [2.45, 2.75) is 10.3 Å². The lowest BCUT2D eigenvalue weighted by Crippen LogP contribution is -1.98. The van der Waals surface area contributed by atoms with E-state index in [1.54, 1.807) is 7.11 Å². The second-order valence-electron chi connectivity index (χ2n) is 5.26. The van der Waals surface area contributed by atoms with E-state index in [0.29, 0.717) is 11.3 Å². The largest absolute Gasteiger partial charge is 0.496 e. The van der Waals surface area contributed by atoms with Crippen molar-refractivity contribution >= 4 is 28.5 Å². The normalized spacial score (nSPS) is 16.2. The zero-order chi connectivity index (χ0) is 15.8. The van der Waals surface area contributed by atoms with Gasteiger partial charge in [0.2, 0.25) is 0 Å². The van der Waals surface area contributed by atoms with Crippen LogP contribution in [0.5, 0.6) is 5.75 Å². The molecule has 1 unspecified atom stereocenters. The van der Waals surface area contributed by atoms with E-state index in [1.165, 1.54) is 11.8 Å². The average Bonchev–Trinajstić information content (AvgIpc) is 2.92. The van der Waals surface area contributed by atoms with Gasteiger partial charge in [0, 0.05) is 10.5 Å². The Balaban J connectivity index is 1.90. The minimum absolute atomic E-state index is 0.323. The summed E-state index contributed by atoms with van der Waals surface area (Å²) in [4.78, 5) is 13.4. The van der Waals surface area contributed by atoms with Gasteiger partial charge in [-0.15, -0.1) is 0 Å². The van der Waals surface area contributed by atoms with Crippen LogP contribution in [0.4, 0.5) is 0 Å². The first kappa shape index (κ1) is 14.2. The molecule has 3 aromatic rings. The fourth-order valence-corrected chi connectivity index (χ4v) is 3.95. The van der Waals surface area contributed by atoms with Crippen molar-refractivity contribution in [3.8, 4) is 5.75 Å². The van der Waals surface area contributed by atoms with Gasteiger partial charge in [-0.1, -0.05) is 54.2 Å². The van der Waals surface area contributed by atoms with Gasteiger partial charge < -0.3 is 9.47 Å². The summed E-state index contributed by atoms with van der Waals surface area (Å²) in [6.07, 6.45) is 0. The highest BCUT2D eigenvalue weighted by molar-refractivity contribution is 7.99. The topological polar surface area (TPSA) is 35.5 Å². The van der Waals surface area contributed by atoms with Crippen LogP contribution >= 0.6 is 11.8 Å². The van der Waals surface area contributed by atoms with Gasteiger partial charge in [-0.2, -0.15) is 0 Å². The summed E-state index contributed by atoms with van der Waals surface area (Å²) < 4.78 is 11.1. The Bertz CT molecular complexity index is 890. The molecule has 23 heavy (non-hydrogen) atoms. The van der Waals surface area contributed by atoms with Crippen LogP contribution in [0.1, 0.15) is 21.4 Å². The molecule has 3 nitrogen and oxygen atoms in total. The quantitative estimate of drug-likeness (QED) is 0.648. The molecule has 0 saturated heterocycles. The Labute approximate surface area is 138 Å². The van der Waals surface area contributed by atoms with Crippen LogP contribution < -0.4 is 4.74 Å². The molecule has 0 fully saturated rings. The highest BCUT2D eigenvalue weighted by Gasteiger charge is 2.36. The SMILES string of the molecule is COc1cc2ccccc2c2c1C(=O)OC2Sc1ccccc1. The Hall–Kier alpha value is -2.46. The Morgan fingerprint density at radius 2 is 1.78 bits per heavy atom. The summed E-state index contributed by atoms with van der Waals surface area (Å²) in [5, 5.41) is 2.07. The summed E-state index contributed by atoms with van der Waals surface area (Å²) in [6, 6.07) is 19.8. The van der Waals surface area contributed by atoms with Crippen LogP contribution in [0, 0.1) is 0 Å². The number of hydrogen-bond acceptors (Lipinski definition) is 4. The second kappa shape index (κ2) is 5.63. The molecule has 0 amide bonds. The molecule has 0 bridgehead atoms. The van der Waals surface area contributed by atoms with Gasteiger partial charge in [0.1, 0.15) is 11.3 Å². The molecule has 4 heteroatoms. The number of rotatable bonds is 3. The molecule has 114 valence electrons. The summed E-state index contributed by atoms with van der Waals surface area (Å²) in [5.74, 6) is 0.246. The van der Waals surface area contributed by atoms with Crippen LogP contribution in [0.3, 0.4) is 0 Å². The number of thioether (sulfide) groups is 1. The van der Waals surface area contributed by atoms with Crippen LogP contribution in [0.2, 0.25) is 0 Å². The van der Waals surface area contributed by atoms with Gasteiger partial charge in [-0.3, -0.25) is 0 Å². The van der Waals surface area contributed by atoms with E-state index < -0.39 is 0 Å². The van der Waals surface area contributed by atoms with Gasteiger partial charge in [-0.05, 0) is 29.0 Å². The zero-order valence-corrected chi connectivity index (χ0v) is 13.3. The third-order valence-electron chi connectivity index (χ3n) is 3.91. The van der Waals surface area contributed by atoms with E-state index >= 15 is 0 Å². The molecule has 3 aromatic carbocycles. The average molecular weight is 322 g/mol. The van der Waals surface area contributed by atoms with Gasteiger partial charge in [0.15, 0.2) is 5.44 Å². The van der Waals surface area contributed by atoms with Crippen molar-refractivity contribution in [3.63, 3.8) is 0 Å². The summed E-state index contributed by atoms with van der Waals surface area (Å²) in [7, 11) is 1.58. The number of cyclic esters (lactones) is 1. The molecular formula is C19H14O3S. The maximum absolute atomic E-state index is 12.4. The molecular weight excluding hydrogens is 308 g/mol. The molecule has 0 radical (unpaired) electrons. The molecule has 1 atom stereocenters. The lowest BCUT2D eigenvalue weighted by atomic mass is 9.99. The molecule has 0 aliphatic carbocycles. The lowest BCUT2D eigenvalue weighted by Gasteiger charge is -2.13. The van der Waals surface area contributed by atoms with E-state index in [1.807, 2.05) is 60.7 Å². The highest BCUT2D eigenvalue weighted by Crippen LogP contribution is 2.48. The molecule has 1 aliphatic heterocycles. The maximum atomic E-state index is 12.4. The van der Waals surface area contributed by atoms with Crippen molar-refractivity contribution in [2.75, 3.05) is 7.11 Å². The predicted molar refractivity (Wildman–Crippen MR) is 91.0 cm³/mol. The molecule has 1 aliphatic rings. The maximum Gasteiger partial charge on any atom is 0.343 e. The molecule has 0 aromatic heterocycles. The van der Waals surface area contributed by atoms with E-state index in [2.05, 4.69) is 0 Å². The zero-order valence-electron chi connectivity index (χ0n) is 12.5. The van der Waals surface area contributed by atoms with E-state index in [-0.39, 0.29) is 11.4 Å². The first-order chi connectivity index (χ1) is 11.3. The molecule has 4 rings (SSSR count). The van der Waals surface area contributed by atoms with Gasteiger partial charge in [-0.25, -0.2) is 4.79 Å². The first-order valence-electron chi connectivity index (χ1n) is 7.30. The summed E-state index contributed by atoms with van der Waals surface area (Å²) in [5.41, 5.74) is 1.08. The van der Waals surface area contributed by atoms with E-state index in [9.17, 15) is 4.79 Å². The van der Waals surface area contributed by atoms with Gasteiger partial charge in [0.25, 0.3) is 0 Å². The number of methoxy groups -OCH3 is 1. The number of hydrogen-bond donors (Lipinski definition) is 0. The monoisotopic (exact) mass is 322 g/mol. The number of benzene rings is 3. The van der Waals surface area contributed by atoms with E-state index in [4.69, 9.17) is 9.47 Å². The van der Waals surface area contributed by atoms with Crippen LogP contribution in [-0.2, 0) is 4.74 Å².